The predicted octanol–water partition coefficient (Wildman–Crippen LogP) is 1.92. The van der Waals surface area contributed by atoms with Gasteiger partial charge in [-0.1, -0.05) is 6.07 Å². The number of amides is 2. The highest BCUT2D eigenvalue weighted by molar-refractivity contribution is 5.90. The molecule has 1 aromatic heterocycles. The van der Waals surface area contributed by atoms with E-state index in [0.29, 0.717) is 16.8 Å². The normalized spacial score (nSPS) is 28.6. The second-order valence-corrected chi connectivity index (χ2v) is 8.13. The lowest BCUT2D eigenvalue weighted by molar-refractivity contribution is -0.121. The van der Waals surface area contributed by atoms with E-state index in [1.807, 2.05) is 0 Å². The van der Waals surface area contributed by atoms with Crippen LogP contribution < -0.4 is 15.5 Å². The number of aromatic nitrogens is 1. The standard InChI is InChI=1S/C22H20FN5O3/c1-12(29)27-20-10-28(21(30)31-20)14-3-4-15(18(23)6-14)13-2-5-19(26-7-13)22(11-24)16-8-25-9-17(16)22/h2-7,16-17,20,25H,8-10H2,1H3,(H,27,29)/t16-,17+,20?,22?. The Balaban J connectivity index is 1.36. The number of nitrogens with one attached hydrogen (secondary N) is 2. The number of hydrogen-bond acceptors (Lipinski definition) is 6. The van der Waals surface area contributed by atoms with Gasteiger partial charge in [0.1, 0.15) is 11.2 Å². The summed E-state index contributed by atoms with van der Waals surface area (Å²) < 4.78 is 20.0. The smallest absolute Gasteiger partial charge is 0.416 e. The molecule has 2 aliphatic heterocycles. The van der Waals surface area contributed by atoms with Crippen LogP contribution in [0, 0.1) is 29.0 Å². The van der Waals surface area contributed by atoms with Crippen LogP contribution in [0.3, 0.4) is 0 Å². The number of hydrogen-bond donors (Lipinski definition) is 2. The molecule has 158 valence electrons. The van der Waals surface area contributed by atoms with Crippen molar-refractivity contribution in [2.45, 2.75) is 18.6 Å². The van der Waals surface area contributed by atoms with E-state index in [4.69, 9.17) is 4.74 Å². The van der Waals surface area contributed by atoms with Gasteiger partial charge in [0.25, 0.3) is 0 Å². The first-order valence-electron chi connectivity index (χ1n) is 10.1. The zero-order chi connectivity index (χ0) is 21.8. The van der Waals surface area contributed by atoms with Crippen LogP contribution >= 0.6 is 0 Å². The number of cyclic esters (lactones) is 1. The summed E-state index contributed by atoms with van der Waals surface area (Å²) >= 11 is 0. The van der Waals surface area contributed by atoms with Crippen LogP contribution in [0.25, 0.3) is 11.1 Å². The van der Waals surface area contributed by atoms with Gasteiger partial charge in [-0.3, -0.25) is 14.7 Å². The molecule has 2 unspecified atom stereocenters. The van der Waals surface area contributed by atoms with Crippen molar-refractivity contribution in [2.75, 3.05) is 24.5 Å². The Bertz CT molecular complexity index is 1100. The van der Waals surface area contributed by atoms with Gasteiger partial charge >= 0.3 is 6.09 Å². The molecule has 5 rings (SSSR count). The lowest BCUT2D eigenvalue weighted by Gasteiger charge is -2.15. The number of halogens is 1. The second kappa shape index (κ2) is 7.03. The number of benzene rings is 1. The summed E-state index contributed by atoms with van der Waals surface area (Å²) in [6.07, 6.45) is 0.169. The van der Waals surface area contributed by atoms with Crippen molar-refractivity contribution in [3.63, 3.8) is 0 Å². The molecular formula is C22H20FN5O3. The maximum absolute atomic E-state index is 14.9. The molecule has 2 aromatic rings. The Kier molecular flexibility index (Phi) is 4.41. The average Bonchev–Trinajstić information content (AvgIpc) is 3.04. The highest BCUT2D eigenvalue weighted by Crippen LogP contribution is 2.60. The predicted molar refractivity (Wildman–Crippen MR) is 108 cm³/mol. The molecule has 2 saturated heterocycles. The van der Waals surface area contributed by atoms with Crippen LogP contribution in [-0.4, -0.2) is 42.8 Å². The van der Waals surface area contributed by atoms with Gasteiger partial charge < -0.3 is 15.4 Å². The molecule has 3 aliphatic rings. The Morgan fingerprint density at radius 1 is 1.35 bits per heavy atom. The fraction of sp³-hybridized carbons (Fsp3) is 0.364. The van der Waals surface area contributed by atoms with E-state index >= 15 is 0 Å². The summed E-state index contributed by atoms with van der Waals surface area (Å²) in [7, 11) is 0. The molecule has 3 fully saturated rings. The number of pyridine rings is 1. The molecule has 8 nitrogen and oxygen atoms in total. The Hall–Kier alpha value is -3.51. The van der Waals surface area contributed by atoms with Crippen LogP contribution in [0.5, 0.6) is 0 Å². The van der Waals surface area contributed by atoms with Gasteiger partial charge in [-0.25, -0.2) is 9.18 Å². The van der Waals surface area contributed by atoms with E-state index in [9.17, 15) is 19.2 Å². The number of anilines is 1. The Morgan fingerprint density at radius 3 is 2.74 bits per heavy atom. The number of carbonyl (C=O) groups is 2. The van der Waals surface area contributed by atoms with Gasteiger partial charge in [0.05, 0.1) is 24.0 Å². The minimum Gasteiger partial charge on any atom is -0.423 e. The molecule has 1 saturated carbocycles. The molecule has 0 radical (unpaired) electrons. The minimum atomic E-state index is -0.769. The first-order valence-corrected chi connectivity index (χ1v) is 10.1. The summed E-state index contributed by atoms with van der Waals surface area (Å²) in [4.78, 5) is 29.0. The van der Waals surface area contributed by atoms with Gasteiger partial charge in [-0.15, -0.1) is 0 Å². The third kappa shape index (κ3) is 3.02. The lowest BCUT2D eigenvalue weighted by Crippen LogP contribution is -2.36. The van der Waals surface area contributed by atoms with Crippen LogP contribution in [0.2, 0.25) is 0 Å². The van der Waals surface area contributed by atoms with Crippen molar-refractivity contribution in [1.29, 1.82) is 5.26 Å². The first-order chi connectivity index (χ1) is 14.9. The van der Waals surface area contributed by atoms with Crippen molar-refractivity contribution >= 4 is 17.7 Å². The minimum absolute atomic E-state index is 0.0981. The van der Waals surface area contributed by atoms with E-state index in [1.54, 1.807) is 30.5 Å². The van der Waals surface area contributed by atoms with Gasteiger partial charge in [0, 0.05) is 49.2 Å². The molecule has 9 heteroatoms. The number of fused-ring (bicyclic) bond motifs is 1. The zero-order valence-electron chi connectivity index (χ0n) is 16.8. The number of ether oxygens (including phenoxy) is 1. The SMILES string of the molecule is CC(=O)NC1CN(c2ccc(-c3ccc(C4(C#N)[C@@H]5CNC[C@@H]54)nc3)c(F)c2)C(=O)O1. The molecule has 1 aromatic carbocycles. The second-order valence-electron chi connectivity index (χ2n) is 8.13. The largest absolute Gasteiger partial charge is 0.423 e. The summed E-state index contributed by atoms with van der Waals surface area (Å²) in [5.74, 6) is -0.256. The summed E-state index contributed by atoms with van der Waals surface area (Å²) in [5, 5.41) is 15.5. The molecule has 0 spiro atoms. The summed E-state index contributed by atoms with van der Waals surface area (Å²) in [6.45, 7) is 3.06. The number of piperidine rings is 1. The van der Waals surface area contributed by atoms with E-state index in [2.05, 4.69) is 21.7 Å². The number of rotatable bonds is 4. The fourth-order valence-corrected chi connectivity index (χ4v) is 4.82. The molecule has 1 aliphatic carbocycles. The lowest BCUT2D eigenvalue weighted by atomic mass is 9.96. The van der Waals surface area contributed by atoms with E-state index in [-0.39, 0.29) is 24.3 Å². The molecule has 3 heterocycles. The third-order valence-corrected chi connectivity index (χ3v) is 6.40. The van der Waals surface area contributed by atoms with Gasteiger partial charge in [0.2, 0.25) is 5.91 Å². The van der Waals surface area contributed by atoms with Gasteiger partial charge in [0.15, 0.2) is 6.23 Å². The van der Waals surface area contributed by atoms with Crippen molar-refractivity contribution < 1.29 is 18.7 Å². The Labute approximate surface area is 178 Å². The highest BCUT2D eigenvalue weighted by atomic mass is 19.1. The molecular weight excluding hydrogens is 401 g/mol. The van der Waals surface area contributed by atoms with Crippen molar-refractivity contribution in [2.24, 2.45) is 11.8 Å². The molecule has 0 bridgehead atoms. The fourth-order valence-electron chi connectivity index (χ4n) is 4.82. The van der Waals surface area contributed by atoms with E-state index in [1.165, 1.54) is 17.9 Å². The molecule has 2 N–H and O–H groups in total. The zero-order valence-corrected chi connectivity index (χ0v) is 16.8. The van der Waals surface area contributed by atoms with Gasteiger partial charge in [-0.2, -0.15) is 5.26 Å². The van der Waals surface area contributed by atoms with Crippen molar-refractivity contribution in [3.8, 4) is 17.2 Å². The van der Waals surface area contributed by atoms with Gasteiger partial charge in [-0.05, 0) is 24.3 Å². The summed E-state index contributed by atoms with van der Waals surface area (Å²) in [5.41, 5.74) is 1.47. The average molecular weight is 421 g/mol. The maximum atomic E-state index is 14.9. The van der Waals surface area contributed by atoms with Crippen molar-refractivity contribution in [3.05, 3.63) is 48.0 Å². The number of carbonyl (C=O) groups excluding carboxylic acids is 2. The molecule has 2 amide bonds. The van der Waals surface area contributed by atoms with E-state index < -0.39 is 23.6 Å². The first kappa shape index (κ1) is 19.5. The maximum Gasteiger partial charge on any atom is 0.416 e. The molecule has 31 heavy (non-hydrogen) atoms. The number of nitriles is 1. The molecule has 4 atom stereocenters. The highest BCUT2D eigenvalue weighted by Gasteiger charge is 2.69. The summed E-state index contributed by atoms with van der Waals surface area (Å²) in [6, 6.07) is 10.5. The van der Waals surface area contributed by atoms with Crippen LogP contribution in [-0.2, 0) is 14.9 Å². The van der Waals surface area contributed by atoms with Crippen molar-refractivity contribution in [1.82, 2.24) is 15.6 Å². The van der Waals surface area contributed by atoms with Crippen LogP contribution in [0.1, 0.15) is 12.6 Å². The number of nitrogens with zero attached hydrogens (tertiary/aromatic N) is 3. The van der Waals surface area contributed by atoms with E-state index in [0.717, 1.165) is 18.8 Å². The monoisotopic (exact) mass is 421 g/mol. The van der Waals surface area contributed by atoms with Crippen LogP contribution in [0.4, 0.5) is 14.9 Å². The topological polar surface area (TPSA) is 107 Å². The Morgan fingerprint density at radius 2 is 2.13 bits per heavy atom. The quantitative estimate of drug-likeness (QED) is 0.781. The van der Waals surface area contributed by atoms with Crippen LogP contribution in [0.15, 0.2) is 36.5 Å². The third-order valence-electron chi connectivity index (χ3n) is 6.40.